The van der Waals surface area contributed by atoms with E-state index in [0.29, 0.717) is 31.2 Å². The minimum absolute atomic E-state index is 0.0283. The third-order valence-corrected chi connectivity index (χ3v) is 5.48. The van der Waals surface area contributed by atoms with Crippen LogP contribution in [0.1, 0.15) is 31.9 Å². The predicted octanol–water partition coefficient (Wildman–Crippen LogP) is 5.78. The second kappa shape index (κ2) is 10.5. The highest BCUT2D eigenvalue weighted by Crippen LogP contribution is 2.25. The molecule has 0 aliphatic rings. The molecule has 0 saturated carbocycles. The zero-order valence-electron chi connectivity index (χ0n) is 16.3. The summed E-state index contributed by atoms with van der Waals surface area (Å²) in [5.74, 6) is -0.507. The average molecular weight is 476 g/mol. The summed E-state index contributed by atoms with van der Waals surface area (Å²) >= 11 is 24.4. The molecule has 1 N–H and O–H groups in total. The molecular weight excluding hydrogens is 454 g/mol. The van der Waals surface area contributed by atoms with Crippen LogP contribution in [-0.4, -0.2) is 28.8 Å². The van der Waals surface area contributed by atoms with Crippen molar-refractivity contribution in [3.05, 3.63) is 67.6 Å². The first kappa shape index (κ1) is 23.8. The van der Waals surface area contributed by atoms with Gasteiger partial charge in [-0.25, -0.2) is 0 Å². The Morgan fingerprint density at radius 2 is 1.41 bits per heavy atom. The molecule has 4 nitrogen and oxygen atoms in total. The van der Waals surface area contributed by atoms with Crippen LogP contribution in [0.5, 0.6) is 0 Å². The number of carbonyl (C=O) groups is 2. The lowest BCUT2D eigenvalue weighted by Crippen LogP contribution is -2.49. The van der Waals surface area contributed by atoms with Gasteiger partial charge in [-0.15, -0.1) is 0 Å². The lowest BCUT2D eigenvalue weighted by Gasteiger charge is -2.30. The molecule has 0 spiro atoms. The van der Waals surface area contributed by atoms with E-state index in [1.54, 1.807) is 43.3 Å². The van der Waals surface area contributed by atoms with E-state index in [4.69, 9.17) is 46.4 Å². The highest BCUT2D eigenvalue weighted by atomic mass is 35.5. The SMILES string of the molecule is CC(C)NC(=O)[C@H](C)N(Cc1ccc(Cl)cc1Cl)C(=O)Cc1ccc(Cl)cc1Cl. The fourth-order valence-electron chi connectivity index (χ4n) is 2.75. The van der Waals surface area contributed by atoms with Gasteiger partial charge in [-0.05, 0) is 56.2 Å². The van der Waals surface area contributed by atoms with Crippen molar-refractivity contribution in [3.63, 3.8) is 0 Å². The lowest BCUT2D eigenvalue weighted by atomic mass is 10.1. The molecule has 0 aliphatic carbocycles. The van der Waals surface area contributed by atoms with Gasteiger partial charge in [0.25, 0.3) is 0 Å². The second-order valence-electron chi connectivity index (χ2n) is 7.01. The molecule has 8 heteroatoms. The topological polar surface area (TPSA) is 49.4 Å². The van der Waals surface area contributed by atoms with Gasteiger partial charge in [0.1, 0.15) is 6.04 Å². The summed E-state index contributed by atoms with van der Waals surface area (Å²) < 4.78 is 0. The summed E-state index contributed by atoms with van der Waals surface area (Å²) in [5, 5.41) is 4.65. The van der Waals surface area contributed by atoms with Crippen molar-refractivity contribution in [1.29, 1.82) is 0 Å². The Labute approximate surface area is 191 Å². The maximum atomic E-state index is 13.1. The van der Waals surface area contributed by atoms with Crippen LogP contribution in [0.3, 0.4) is 0 Å². The van der Waals surface area contributed by atoms with Crippen molar-refractivity contribution < 1.29 is 9.59 Å². The molecule has 0 aromatic heterocycles. The van der Waals surface area contributed by atoms with E-state index in [9.17, 15) is 9.59 Å². The van der Waals surface area contributed by atoms with E-state index in [1.165, 1.54) is 4.90 Å². The van der Waals surface area contributed by atoms with Crippen molar-refractivity contribution >= 4 is 58.2 Å². The van der Waals surface area contributed by atoms with Gasteiger partial charge in [0.05, 0.1) is 6.42 Å². The lowest BCUT2D eigenvalue weighted by molar-refractivity contribution is -0.140. The molecule has 0 bridgehead atoms. The van der Waals surface area contributed by atoms with E-state index in [-0.39, 0.29) is 30.8 Å². The molecule has 1 atom stereocenters. The minimum atomic E-state index is -0.706. The van der Waals surface area contributed by atoms with E-state index < -0.39 is 6.04 Å². The Balaban J connectivity index is 2.31. The number of rotatable bonds is 7. The molecule has 2 aromatic rings. The van der Waals surface area contributed by atoms with E-state index in [1.807, 2.05) is 13.8 Å². The minimum Gasteiger partial charge on any atom is -0.352 e. The molecule has 0 radical (unpaired) electrons. The van der Waals surface area contributed by atoms with Crippen molar-refractivity contribution in [2.45, 2.75) is 45.8 Å². The first-order chi connectivity index (χ1) is 13.6. The smallest absolute Gasteiger partial charge is 0.242 e. The molecule has 2 rings (SSSR count). The average Bonchev–Trinajstić information content (AvgIpc) is 2.62. The summed E-state index contributed by atoms with van der Waals surface area (Å²) in [4.78, 5) is 27.2. The molecule has 0 fully saturated rings. The van der Waals surface area contributed by atoms with Crippen LogP contribution < -0.4 is 5.32 Å². The first-order valence-electron chi connectivity index (χ1n) is 9.06. The van der Waals surface area contributed by atoms with Crippen molar-refractivity contribution in [2.24, 2.45) is 0 Å². The zero-order valence-corrected chi connectivity index (χ0v) is 19.3. The molecule has 2 aromatic carbocycles. The van der Waals surface area contributed by atoms with Crippen LogP contribution in [0, 0.1) is 0 Å². The summed E-state index contributed by atoms with van der Waals surface area (Å²) in [6, 6.07) is 9.25. The standard InChI is InChI=1S/C21H22Cl4N2O2/c1-12(2)26-21(29)13(3)27(11-15-5-7-17(23)10-19(15)25)20(28)8-14-4-6-16(22)9-18(14)24/h4-7,9-10,12-13H,8,11H2,1-3H3,(H,26,29)/t13-/m0/s1. The van der Waals surface area contributed by atoms with Crippen LogP contribution in [0.15, 0.2) is 36.4 Å². The summed E-state index contributed by atoms with van der Waals surface area (Å²) in [7, 11) is 0. The monoisotopic (exact) mass is 474 g/mol. The summed E-state index contributed by atoms with van der Waals surface area (Å²) in [6.07, 6.45) is 0.0283. The molecule has 0 saturated heterocycles. The van der Waals surface area contributed by atoms with Gasteiger partial charge in [-0.3, -0.25) is 9.59 Å². The number of nitrogens with one attached hydrogen (secondary N) is 1. The molecule has 156 valence electrons. The van der Waals surface area contributed by atoms with E-state index >= 15 is 0 Å². The summed E-state index contributed by atoms with van der Waals surface area (Å²) in [5.41, 5.74) is 1.32. The molecule has 29 heavy (non-hydrogen) atoms. The van der Waals surface area contributed by atoms with E-state index in [0.717, 1.165) is 0 Å². The highest BCUT2D eigenvalue weighted by molar-refractivity contribution is 6.35. The van der Waals surface area contributed by atoms with Crippen LogP contribution in [0.2, 0.25) is 20.1 Å². The Morgan fingerprint density at radius 1 is 0.897 bits per heavy atom. The van der Waals surface area contributed by atoms with Gasteiger partial charge in [0.2, 0.25) is 11.8 Å². The number of amides is 2. The Morgan fingerprint density at radius 3 is 1.90 bits per heavy atom. The maximum absolute atomic E-state index is 13.1. The Kier molecular flexibility index (Phi) is 8.65. The first-order valence-corrected chi connectivity index (χ1v) is 10.6. The Hall–Kier alpha value is -1.46. The number of halogens is 4. The highest BCUT2D eigenvalue weighted by Gasteiger charge is 2.27. The molecule has 0 unspecified atom stereocenters. The zero-order chi connectivity index (χ0) is 21.7. The second-order valence-corrected chi connectivity index (χ2v) is 8.70. The number of hydrogen-bond donors (Lipinski definition) is 1. The predicted molar refractivity (Wildman–Crippen MR) is 120 cm³/mol. The van der Waals surface area contributed by atoms with Gasteiger partial charge in [-0.1, -0.05) is 58.5 Å². The maximum Gasteiger partial charge on any atom is 0.242 e. The quantitative estimate of drug-likeness (QED) is 0.551. The van der Waals surface area contributed by atoms with Gasteiger partial charge in [0.15, 0.2) is 0 Å². The van der Waals surface area contributed by atoms with Gasteiger partial charge in [0, 0.05) is 32.7 Å². The number of carbonyl (C=O) groups excluding carboxylic acids is 2. The largest absolute Gasteiger partial charge is 0.352 e. The van der Waals surface area contributed by atoms with Gasteiger partial charge in [-0.2, -0.15) is 0 Å². The van der Waals surface area contributed by atoms with Crippen LogP contribution in [0.25, 0.3) is 0 Å². The van der Waals surface area contributed by atoms with Crippen molar-refractivity contribution in [1.82, 2.24) is 10.2 Å². The molecule has 0 heterocycles. The van der Waals surface area contributed by atoms with E-state index in [2.05, 4.69) is 5.32 Å². The fraction of sp³-hybridized carbons (Fsp3) is 0.333. The third kappa shape index (κ3) is 6.78. The third-order valence-electron chi connectivity index (χ3n) is 4.31. The van der Waals surface area contributed by atoms with Crippen LogP contribution >= 0.6 is 46.4 Å². The number of nitrogens with zero attached hydrogens (tertiary/aromatic N) is 1. The van der Waals surface area contributed by atoms with Crippen molar-refractivity contribution in [3.8, 4) is 0 Å². The molecule has 0 aliphatic heterocycles. The summed E-state index contributed by atoms with van der Waals surface area (Å²) in [6.45, 7) is 5.57. The normalized spacial score (nSPS) is 12.0. The van der Waals surface area contributed by atoms with Gasteiger partial charge < -0.3 is 10.2 Å². The molecule has 2 amide bonds. The van der Waals surface area contributed by atoms with Gasteiger partial charge >= 0.3 is 0 Å². The fourth-order valence-corrected chi connectivity index (χ4v) is 3.69. The van der Waals surface area contributed by atoms with Crippen LogP contribution in [0.4, 0.5) is 0 Å². The number of benzene rings is 2. The Bertz CT molecular complexity index is 902. The van der Waals surface area contributed by atoms with Crippen LogP contribution in [-0.2, 0) is 22.6 Å². The number of hydrogen-bond acceptors (Lipinski definition) is 2. The molecular formula is C21H22Cl4N2O2. The van der Waals surface area contributed by atoms with Crippen molar-refractivity contribution in [2.75, 3.05) is 0 Å².